The molecule has 0 radical (unpaired) electrons. The van der Waals surface area contributed by atoms with Crippen LogP contribution in [0.4, 0.5) is 0 Å². The number of halogens is 1. The summed E-state index contributed by atoms with van der Waals surface area (Å²) in [5.74, 6) is 1.11. The lowest BCUT2D eigenvalue weighted by Gasteiger charge is -2.02. The summed E-state index contributed by atoms with van der Waals surface area (Å²) in [5.41, 5.74) is 0. The van der Waals surface area contributed by atoms with E-state index in [9.17, 15) is 8.42 Å². The van der Waals surface area contributed by atoms with Gasteiger partial charge in [-0.05, 0) is 41.0 Å². The molecule has 2 N–H and O–H groups in total. The first kappa shape index (κ1) is 16.3. The van der Waals surface area contributed by atoms with Crippen LogP contribution in [0.25, 0.3) is 0 Å². The molecule has 0 aromatic carbocycles. The molecule has 6 nitrogen and oxygen atoms in total. The van der Waals surface area contributed by atoms with Crippen molar-refractivity contribution in [1.29, 1.82) is 0 Å². The fraction of sp³-hybridized carbons (Fsp3) is 0.385. The van der Waals surface area contributed by atoms with E-state index in [1.54, 1.807) is 12.1 Å². The average molecular weight is 377 g/mol. The first-order valence-corrected chi connectivity index (χ1v) is 8.81. The molecule has 8 heteroatoms. The van der Waals surface area contributed by atoms with E-state index in [0.717, 1.165) is 13.0 Å². The molecule has 0 spiro atoms. The Bertz CT molecular complexity index is 664. The van der Waals surface area contributed by atoms with Gasteiger partial charge in [0.2, 0.25) is 10.0 Å². The molecule has 0 aliphatic rings. The summed E-state index contributed by atoms with van der Waals surface area (Å²) < 4.78 is 37.6. The number of rotatable bonds is 8. The van der Waals surface area contributed by atoms with Crippen LogP contribution in [0, 0.1) is 0 Å². The summed E-state index contributed by atoms with van der Waals surface area (Å²) >= 11 is 3.14. The zero-order chi connectivity index (χ0) is 15.3. The Morgan fingerprint density at radius 2 is 2.10 bits per heavy atom. The van der Waals surface area contributed by atoms with Gasteiger partial charge >= 0.3 is 0 Å². The minimum Gasteiger partial charge on any atom is -0.468 e. The van der Waals surface area contributed by atoms with Gasteiger partial charge in [0.15, 0.2) is 4.67 Å². The minimum absolute atomic E-state index is 0.0855. The van der Waals surface area contributed by atoms with Crippen LogP contribution in [0.3, 0.4) is 0 Å². The van der Waals surface area contributed by atoms with Gasteiger partial charge in [0.05, 0.1) is 19.4 Å². The quantitative estimate of drug-likeness (QED) is 0.691. The molecule has 0 saturated heterocycles. The highest BCUT2D eigenvalue weighted by Crippen LogP contribution is 2.26. The molecule has 0 fully saturated rings. The van der Waals surface area contributed by atoms with Gasteiger partial charge in [-0.25, -0.2) is 13.1 Å². The topological polar surface area (TPSA) is 84.5 Å². The zero-order valence-corrected chi connectivity index (χ0v) is 14.0. The largest absolute Gasteiger partial charge is 0.468 e. The van der Waals surface area contributed by atoms with Crippen molar-refractivity contribution in [2.45, 2.75) is 31.3 Å². The highest BCUT2D eigenvalue weighted by Gasteiger charge is 2.22. The van der Waals surface area contributed by atoms with Crippen molar-refractivity contribution in [3.63, 3.8) is 0 Å². The van der Waals surface area contributed by atoms with Crippen LogP contribution in [-0.2, 0) is 23.1 Å². The predicted octanol–water partition coefficient (Wildman–Crippen LogP) is 2.61. The first-order chi connectivity index (χ1) is 10.0. The van der Waals surface area contributed by atoms with Crippen molar-refractivity contribution in [1.82, 2.24) is 10.0 Å². The van der Waals surface area contributed by atoms with Crippen molar-refractivity contribution in [2.24, 2.45) is 0 Å². The molecule has 0 bridgehead atoms. The molecule has 0 atom stereocenters. The zero-order valence-electron chi connectivity index (χ0n) is 11.6. The number of furan rings is 2. The summed E-state index contributed by atoms with van der Waals surface area (Å²) in [6.07, 6.45) is 2.49. The van der Waals surface area contributed by atoms with Crippen molar-refractivity contribution < 1.29 is 17.3 Å². The molecule has 21 heavy (non-hydrogen) atoms. The third kappa shape index (κ3) is 4.44. The van der Waals surface area contributed by atoms with Gasteiger partial charge in [0, 0.05) is 6.07 Å². The third-order valence-electron chi connectivity index (χ3n) is 2.74. The molecule has 2 aromatic rings. The highest BCUT2D eigenvalue weighted by atomic mass is 79.9. The second-order valence-corrected chi connectivity index (χ2v) is 6.89. The maximum absolute atomic E-state index is 12.2. The molecule has 0 saturated carbocycles. The Balaban J connectivity index is 2.05. The Kier molecular flexibility index (Phi) is 5.63. The van der Waals surface area contributed by atoms with Gasteiger partial charge in [-0.2, -0.15) is 0 Å². The Hall–Kier alpha value is -1.09. The molecular weight excluding hydrogens is 360 g/mol. The third-order valence-corrected chi connectivity index (χ3v) is 5.00. The highest BCUT2D eigenvalue weighted by molar-refractivity contribution is 9.10. The fourth-order valence-corrected chi connectivity index (χ4v) is 3.70. The predicted molar refractivity (Wildman–Crippen MR) is 81.1 cm³/mol. The van der Waals surface area contributed by atoms with Crippen molar-refractivity contribution in [2.75, 3.05) is 6.54 Å². The Morgan fingerprint density at radius 1 is 1.29 bits per heavy atom. The van der Waals surface area contributed by atoms with E-state index in [2.05, 4.69) is 32.9 Å². The number of sulfonamides is 1. The summed E-state index contributed by atoms with van der Waals surface area (Å²) in [4.78, 5) is 0.0855. The normalized spacial score (nSPS) is 11.9. The van der Waals surface area contributed by atoms with Crippen molar-refractivity contribution in [3.05, 3.63) is 40.7 Å². The van der Waals surface area contributed by atoms with Crippen LogP contribution in [0.5, 0.6) is 0 Å². The number of hydrogen-bond donors (Lipinski definition) is 2. The lowest BCUT2D eigenvalue weighted by Crippen LogP contribution is -2.22. The van der Waals surface area contributed by atoms with Crippen molar-refractivity contribution >= 4 is 26.0 Å². The van der Waals surface area contributed by atoms with E-state index < -0.39 is 10.0 Å². The molecule has 2 rings (SSSR count). The van der Waals surface area contributed by atoms with Crippen LogP contribution >= 0.6 is 15.9 Å². The van der Waals surface area contributed by atoms with Crippen LogP contribution in [0.1, 0.15) is 24.9 Å². The molecule has 2 aromatic heterocycles. The van der Waals surface area contributed by atoms with E-state index in [4.69, 9.17) is 8.83 Å². The molecule has 0 unspecified atom stereocenters. The second kappa shape index (κ2) is 7.26. The molecule has 0 amide bonds. The van der Waals surface area contributed by atoms with Gasteiger partial charge in [-0.1, -0.05) is 6.92 Å². The smallest absolute Gasteiger partial charge is 0.245 e. The van der Waals surface area contributed by atoms with Crippen LogP contribution in [-0.4, -0.2) is 15.0 Å². The van der Waals surface area contributed by atoms with E-state index in [0.29, 0.717) is 18.1 Å². The lowest BCUT2D eigenvalue weighted by atomic mass is 10.4. The fourth-order valence-electron chi connectivity index (χ4n) is 1.71. The maximum atomic E-state index is 12.2. The van der Waals surface area contributed by atoms with Gasteiger partial charge < -0.3 is 14.2 Å². The van der Waals surface area contributed by atoms with Crippen LogP contribution in [0.15, 0.2) is 42.9 Å². The summed E-state index contributed by atoms with van der Waals surface area (Å²) in [6.45, 7) is 3.48. The summed E-state index contributed by atoms with van der Waals surface area (Å²) in [6, 6.07) is 4.92. The van der Waals surface area contributed by atoms with E-state index in [1.807, 2.05) is 0 Å². The van der Waals surface area contributed by atoms with E-state index in [1.165, 1.54) is 12.3 Å². The summed E-state index contributed by atoms with van der Waals surface area (Å²) in [7, 11) is -3.66. The minimum atomic E-state index is -3.66. The van der Waals surface area contributed by atoms with E-state index in [-0.39, 0.29) is 16.1 Å². The second-order valence-electron chi connectivity index (χ2n) is 4.43. The molecule has 0 aliphatic heterocycles. The van der Waals surface area contributed by atoms with E-state index >= 15 is 0 Å². The molecule has 116 valence electrons. The molecule has 0 aliphatic carbocycles. The first-order valence-electron chi connectivity index (χ1n) is 6.54. The number of nitrogens with one attached hydrogen (secondary N) is 2. The Morgan fingerprint density at radius 3 is 2.76 bits per heavy atom. The molecule has 2 heterocycles. The average Bonchev–Trinajstić information content (AvgIpc) is 3.07. The maximum Gasteiger partial charge on any atom is 0.245 e. The standard InChI is InChI=1S/C13H17BrN2O4S/c1-2-5-15-8-11-7-12(13(14)20-11)21(17,18)16-9-10-4-3-6-19-10/h3-4,6-7,15-16H,2,5,8-9H2,1H3. The lowest BCUT2D eigenvalue weighted by molar-refractivity contribution is 0.460. The van der Waals surface area contributed by atoms with Crippen molar-refractivity contribution in [3.8, 4) is 0 Å². The SMILES string of the molecule is CCCNCc1cc(S(=O)(=O)NCc2ccco2)c(Br)o1. The van der Waals surface area contributed by atoms with Gasteiger partial charge in [-0.15, -0.1) is 0 Å². The van der Waals surface area contributed by atoms with Crippen LogP contribution in [0.2, 0.25) is 0 Å². The Labute approximate surface area is 132 Å². The van der Waals surface area contributed by atoms with Crippen LogP contribution < -0.4 is 10.0 Å². The van der Waals surface area contributed by atoms with Gasteiger partial charge in [0.1, 0.15) is 16.4 Å². The van der Waals surface area contributed by atoms with Gasteiger partial charge in [-0.3, -0.25) is 0 Å². The number of hydrogen-bond acceptors (Lipinski definition) is 5. The molecular formula is C13H17BrN2O4S. The van der Waals surface area contributed by atoms with Gasteiger partial charge in [0.25, 0.3) is 0 Å². The monoisotopic (exact) mass is 376 g/mol. The summed E-state index contributed by atoms with van der Waals surface area (Å²) in [5, 5.41) is 3.15.